The van der Waals surface area contributed by atoms with Crippen molar-refractivity contribution in [2.45, 2.75) is 13.3 Å². The minimum absolute atomic E-state index is 0.0169. The molecule has 3 heteroatoms. The monoisotopic (exact) mass is 394 g/mol. The van der Waals surface area contributed by atoms with E-state index >= 15 is 0 Å². The van der Waals surface area contributed by atoms with Gasteiger partial charge in [-0.2, -0.15) is 0 Å². The Bertz CT molecular complexity index is 1150. The lowest BCUT2D eigenvalue weighted by molar-refractivity contribution is 0.0693. The fourth-order valence-electron chi connectivity index (χ4n) is 3.82. The summed E-state index contributed by atoms with van der Waals surface area (Å²) in [4.78, 5) is 24.2. The summed E-state index contributed by atoms with van der Waals surface area (Å²) in [5.41, 5.74) is 5.35. The van der Waals surface area contributed by atoms with Crippen LogP contribution in [0, 0.1) is 5.92 Å². The summed E-state index contributed by atoms with van der Waals surface area (Å²) in [5, 5.41) is 9.33. The van der Waals surface area contributed by atoms with Crippen molar-refractivity contribution in [1.82, 2.24) is 0 Å². The molecule has 0 aliphatic heterocycles. The summed E-state index contributed by atoms with van der Waals surface area (Å²) in [6, 6.07) is 22.1. The summed E-state index contributed by atoms with van der Waals surface area (Å²) < 4.78 is 0. The van der Waals surface area contributed by atoms with Gasteiger partial charge in [-0.15, -0.1) is 0 Å². The highest BCUT2D eigenvalue weighted by atomic mass is 16.4. The Morgan fingerprint density at radius 3 is 1.97 bits per heavy atom. The summed E-state index contributed by atoms with van der Waals surface area (Å²) in [6.07, 6.45) is 7.55. The van der Waals surface area contributed by atoms with E-state index in [0.29, 0.717) is 11.5 Å². The molecule has 0 spiro atoms. The quantitative estimate of drug-likeness (QED) is 0.520. The van der Waals surface area contributed by atoms with Crippen LogP contribution in [-0.2, 0) is 0 Å². The number of carbonyl (C=O) groups is 2. The second-order valence-electron chi connectivity index (χ2n) is 7.52. The number of allylic oxidation sites excluding steroid dienone is 4. The predicted octanol–water partition coefficient (Wildman–Crippen LogP) is 6.26. The van der Waals surface area contributed by atoms with Crippen LogP contribution >= 0.6 is 0 Å². The van der Waals surface area contributed by atoms with Crippen LogP contribution in [0.25, 0.3) is 16.7 Å². The second kappa shape index (κ2) is 8.34. The highest BCUT2D eigenvalue weighted by molar-refractivity contribution is 6.14. The number of rotatable bonds is 5. The highest BCUT2D eigenvalue weighted by Crippen LogP contribution is 2.31. The lowest BCUT2D eigenvalue weighted by atomic mass is 9.87. The number of carboxylic acid groups (broad SMARTS) is 1. The predicted molar refractivity (Wildman–Crippen MR) is 120 cm³/mol. The Labute approximate surface area is 176 Å². The molecule has 30 heavy (non-hydrogen) atoms. The van der Waals surface area contributed by atoms with Crippen molar-refractivity contribution in [1.29, 1.82) is 0 Å². The minimum Gasteiger partial charge on any atom is -0.478 e. The van der Waals surface area contributed by atoms with Crippen LogP contribution in [0.15, 0.2) is 91.0 Å². The lowest BCUT2D eigenvalue weighted by Gasteiger charge is -2.17. The summed E-state index contributed by atoms with van der Waals surface area (Å²) in [6.45, 7) is 2.24. The second-order valence-corrected chi connectivity index (χ2v) is 7.52. The molecular formula is C27H22O3. The lowest BCUT2D eigenvalue weighted by Crippen LogP contribution is -2.09. The van der Waals surface area contributed by atoms with Crippen LogP contribution in [0.5, 0.6) is 0 Å². The van der Waals surface area contributed by atoms with Gasteiger partial charge in [-0.25, -0.2) is 4.79 Å². The molecule has 1 aliphatic carbocycles. The number of carboxylic acids is 1. The van der Waals surface area contributed by atoms with Gasteiger partial charge in [-0.3, -0.25) is 4.79 Å². The van der Waals surface area contributed by atoms with Gasteiger partial charge < -0.3 is 5.11 Å². The van der Waals surface area contributed by atoms with E-state index in [9.17, 15) is 14.7 Å². The van der Waals surface area contributed by atoms with E-state index in [1.165, 1.54) is 17.2 Å². The first-order chi connectivity index (χ1) is 14.5. The standard InChI is InChI=1S/C27H22O3/c1-18-6-2-3-7-23(18)21-14-10-19(11-15-21)20-12-16-22(17-13-20)26(28)24-8-4-5-9-25(24)27(29)30/h2-5,7-18H,6H2,1H3,(H,29,30). The number of aromatic carboxylic acids is 1. The maximum Gasteiger partial charge on any atom is 0.336 e. The Hall–Kier alpha value is -3.72. The average Bonchev–Trinajstić information content (AvgIpc) is 2.79. The van der Waals surface area contributed by atoms with Crippen molar-refractivity contribution < 1.29 is 14.7 Å². The number of carbonyl (C=O) groups excluding carboxylic acids is 1. The molecule has 3 aromatic rings. The van der Waals surface area contributed by atoms with Gasteiger partial charge in [0.15, 0.2) is 5.78 Å². The first-order valence-corrected chi connectivity index (χ1v) is 9.99. The molecule has 148 valence electrons. The highest BCUT2D eigenvalue weighted by Gasteiger charge is 2.17. The zero-order valence-electron chi connectivity index (χ0n) is 16.7. The van der Waals surface area contributed by atoms with E-state index in [2.05, 4.69) is 49.4 Å². The molecule has 0 bridgehead atoms. The molecule has 4 rings (SSSR count). The van der Waals surface area contributed by atoms with Crippen molar-refractivity contribution in [3.05, 3.63) is 113 Å². The van der Waals surface area contributed by atoms with Gasteiger partial charge >= 0.3 is 5.97 Å². The number of benzene rings is 3. The Morgan fingerprint density at radius 2 is 1.37 bits per heavy atom. The summed E-state index contributed by atoms with van der Waals surface area (Å²) >= 11 is 0. The van der Waals surface area contributed by atoms with Crippen LogP contribution in [0.2, 0.25) is 0 Å². The summed E-state index contributed by atoms with van der Waals surface area (Å²) in [5.74, 6) is -0.880. The van der Waals surface area contributed by atoms with Gasteiger partial charge in [-0.1, -0.05) is 91.9 Å². The molecule has 3 aromatic carbocycles. The summed E-state index contributed by atoms with van der Waals surface area (Å²) in [7, 11) is 0. The van der Waals surface area contributed by atoms with Crippen LogP contribution in [0.3, 0.4) is 0 Å². The van der Waals surface area contributed by atoms with E-state index in [-0.39, 0.29) is 16.9 Å². The molecule has 0 heterocycles. The van der Waals surface area contributed by atoms with Crippen LogP contribution in [0.4, 0.5) is 0 Å². The maximum absolute atomic E-state index is 12.8. The van der Waals surface area contributed by atoms with Gasteiger partial charge in [0.2, 0.25) is 0 Å². The van der Waals surface area contributed by atoms with Gasteiger partial charge in [-0.05, 0) is 40.7 Å². The molecule has 0 radical (unpaired) electrons. The van der Waals surface area contributed by atoms with Crippen LogP contribution in [0.1, 0.15) is 45.2 Å². The van der Waals surface area contributed by atoms with Crippen molar-refractivity contribution >= 4 is 17.3 Å². The number of hydrogen-bond acceptors (Lipinski definition) is 2. The zero-order valence-corrected chi connectivity index (χ0v) is 16.7. The van der Waals surface area contributed by atoms with Gasteiger partial charge in [0.25, 0.3) is 0 Å². The Kier molecular flexibility index (Phi) is 5.44. The van der Waals surface area contributed by atoms with E-state index < -0.39 is 5.97 Å². The SMILES string of the molecule is CC1CC=CC=C1c1ccc(-c2ccc(C(=O)c3ccccc3C(=O)O)cc2)cc1. The third-order valence-corrected chi connectivity index (χ3v) is 5.53. The largest absolute Gasteiger partial charge is 0.478 e. The van der Waals surface area contributed by atoms with Crippen molar-refractivity contribution in [3.8, 4) is 11.1 Å². The molecule has 3 nitrogen and oxygen atoms in total. The third-order valence-electron chi connectivity index (χ3n) is 5.53. The normalized spacial score (nSPS) is 15.5. The molecule has 1 unspecified atom stereocenters. The zero-order chi connectivity index (χ0) is 21.1. The smallest absolute Gasteiger partial charge is 0.336 e. The number of ketones is 1. The van der Waals surface area contributed by atoms with Crippen LogP contribution < -0.4 is 0 Å². The molecule has 0 saturated heterocycles. The third kappa shape index (κ3) is 3.87. The fourth-order valence-corrected chi connectivity index (χ4v) is 3.82. The van der Waals surface area contributed by atoms with Gasteiger partial charge in [0.1, 0.15) is 0 Å². The number of hydrogen-bond donors (Lipinski definition) is 1. The Balaban J connectivity index is 1.57. The minimum atomic E-state index is -1.10. The molecule has 0 aromatic heterocycles. The van der Waals surface area contributed by atoms with Gasteiger partial charge in [0.05, 0.1) is 5.56 Å². The van der Waals surface area contributed by atoms with E-state index in [1.807, 2.05) is 12.1 Å². The van der Waals surface area contributed by atoms with Crippen LogP contribution in [-0.4, -0.2) is 16.9 Å². The first kappa shape index (κ1) is 19.6. The van der Waals surface area contributed by atoms with Crippen molar-refractivity contribution in [2.24, 2.45) is 5.92 Å². The topological polar surface area (TPSA) is 54.4 Å². The van der Waals surface area contributed by atoms with E-state index in [1.54, 1.807) is 30.3 Å². The molecule has 1 N–H and O–H groups in total. The Morgan fingerprint density at radius 1 is 0.800 bits per heavy atom. The van der Waals surface area contributed by atoms with E-state index in [0.717, 1.165) is 17.5 Å². The fraction of sp³-hybridized carbons (Fsp3) is 0.111. The van der Waals surface area contributed by atoms with Gasteiger partial charge in [0, 0.05) is 11.1 Å². The molecule has 0 fully saturated rings. The maximum atomic E-state index is 12.8. The molecule has 1 atom stereocenters. The van der Waals surface area contributed by atoms with Crippen molar-refractivity contribution in [3.63, 3.8) is 0 Å². The molecule has 0 saturated carbocycles. The average molecular weight is 394 g/mol. The van der Waals surface area contributed by atoms with E-state index in [4.69, 9.17) is 0 Å². The molecule has 1 aliphatic rings. The van der Waals surface area contributed by atoms with Crippen molar-refractivity contribution in [2.75, 3.05) is 0 Å². The molecule has 0 amide bonds. The molecular weight excluding hydrogens is 372 g/mol. The first-order valence-electron chi connectivity index (χ1n) is 9.99.